The van der Waals surface area contributed by atoms with Crippen molar-refractivity contribution < 1.29 is 36.9 Å². The van der Waals surface area contributed by atoms with Crippen molar-refractivity contribution in [2.75, 3.05) is 52.4 Å². The van der Waals surface area contributed by atoms with Gasteiger partial charge in [-0.2, -0.15) is 0 Å². The van der Waals surface area contributed by atoms with E-state index in [1.807, 2.05) is 32.0 Å². The number of aryl methyl sites for hydroxylation is 1. The van der Waals surface area contributed by atoms with Gasteiger partial charge >= 0.3 is 0 Å². The highest BCUT2D eigenvalue weighted by Crippen LogP contribution is 2.37. The normalized spacial score (nSPS) is 10.9. The highest BCUT2D eigenvalue weighted by molar-refractivity contribution is 7.92. The number of hydrogen-bond donors (Lipinski definition) is 1. The SMILES string of the molecule is COc1ccc(OC)c(N(CC(=O)NCCOc2cccc(C)c2C)S(=O)(=O)c2ccc(OC)c(OC)c2)c1. The first-order valence-electron chi connectivity index (χ1n) is 12.1. The molecule has 1 amide bonds. The molecule has 3 aromatic carbocycles. The molecule has 3 rings (SSSR count). The van der Waals surface area contributed by atoms with Crippen molar-refractivity contribution in [3.05, 3.63) is 65.7 Å². The summed E-state index contributed by atoms with van der Waals surface area (Å²) < 4.78 is 55.9. The molecule has 0 aliphatic heterocycles. The van der Waals surface area contributed by atoms with E-state index in [9.17, 15) is 13.2 Å². The standard InChI is InChI=1S/C28H34N2O8S/c1-19-8-7-9-24(20(19)2)38-15-14-29-28(31)18-30(23-16-21(34-3)10-12-25(23)35-4)39(32,33)22-11-13-26(36-5)27(17-22)37-6/h7-13,16-17H,14-15,18H2,1-6H3,(H,29,31). The van der Waals surface area contributed by atoms with Gasteiger partial charge in [0.15, 0.2) is 11.5 Å². The Balaban J connectivity index is 1.88. The molecule has 0 saturated heterocycles. The van der Waals surface area contributed by atoms with Gasteiger partial charge in [0, 0.05) is 12.1 Å². The Bertz CT molecular complexity index is 1410. The summed E-state index contributed by atoms with van der Waals surface area (Å²) in [5, 5.41) is 2.73. The van der Waals surface area contributed by atoms with E-state index in [2.05, 4.69) is 5.32 Å². The molecule has 0 atom stereocenters. The minimum atomic E-state index is -4.28. The summed E-state index contributed by atoms with van der Waals surface area (Å²) in [7, 11) is 1.46. The predicted octanol–water partition coefficient (Wildman–Crippen LogP) is 3.73. The van der Waals surface area contributed by atoms with Gasteiger partial charge in [0.25, 0.3) is 10.0 Å². The fourth-order valence-corrected chi connectivity index (χ4v) is 5.25. The lowest BCUT2D eigenvalue weighted by Crippen LogP contribution is -2.42. The zero-order valence-corrected chi connectivity index (χ0v) is 23.8. The van der Waals surface area contributed by atoms with Gasteiger partial charge in [-0.3, -0.25) is 9.10 Å². The quantitative estimate of drug-likeness (QED) is 0.316. The molecule has 210 valence electrons. The molecule has 1 N–H and O–H groups in total. The summed E-state index contributed by atoms with van der Waals surface area (Å²) in [6.07, 6.45) is 0. The molecule has 0 aliphatic rings. The van der Waals surface area contributed by atoms with Crippen LogP contribution in [-0.4, -0.2) is 62.5 Å². The van der Waals surface area contributed by atoms with Crippen LogP contribution in [0.15, 0.2) is 59.5 Å². The smallest absolute Gasteiger partial charge is 0.265 e. The Hall–Kier alpha value is -4.12. The molecule has 0 bridgehead atoms. The van der Waals surface area contributed by atoms with Crippen molar-refractivity contribution in [3.8, 4) is 28.7 Å². The van der Waals surface area contributed by atoms with Gasteiger partial charge in [-0.15, -0.1) is 0 Å². The van der Waals surface area contributed by atoms with Gasteiger partial charge in [-0.1, -0.05) is 12.1 Å². The van der Waals surface area contributed by atoms with Crippen LogP contribution in [0.25, 0.3) is 0 Å². The van der Waals surface area contributed by atoms with Crippen molar-refractivity contribution in [1.82, 2.24) is 5.32 Å². The number of amides is 1. The molecular weight excluding hydrogens is 524 g/mol. The number of nitrogens with zero attached hydrogens (tertiary/aromatic N) is 1. The number of sulfonamides is 1. The molecule has 3 aromatic rings. The first-order chi connectivity index (χ1) is 18.7. The number of ether oxygens (including phenoxy) is 5. The van der Waals surface area contributed by atoms with E-state index >= 15 is 0 Å². The minimum Gasteiger partial charge on any atom is -0.497 e. The van der Waals surface area contributed by atoms with Gasteiger partial charge in [-0.25, -0.2) is 8.42 Å². The molecule has 0 radical (unpaired) electrons. The summed E-state index contributed by atoms with van der Waals surface area (Å²) in [5.74, 6) is 1.41. The maximum absolute atomic E-state index is 13.9. The van der Waals surface area contributed by atoms with Crippen LogP contribution in [0.1, 0.15) is 11.1 Å². The zero-order valence-electron chi connectivity index (χ0n) is 22.9. The molecule has 0 fully saturated rings. The highest BCUT2D eigenvalue weighted by atomic mass is 32.2. The van der Waals surface area contributed by atoms with Gasteiger partial charge in [-0.05, 0) is 55.3 Å². The van der Waals surface area contributed by atoms with Crippen LogP contribution < -0.4 is 33.3 Å². The topological polar surface area (TPSA) is 113 Å². The van der Waals surface area contributed by atoms with Crippen molar-refractivity contribution in [1.29, 1.82) is 0 Å². The second-order valence-electron chi connectivity index (χ2n) is 8.46. The lowest BCUT2D eigenvalue weighted by Gasteiger charge is -2.26. The number of anilines is 1. The maximum atomic E-state index is 13.9. The number of carbonyl (C=O) groups is 1. The third-order valence-corrected chi connectivity index (χ3v) is 7.88. The lowest BCUT2D eigenvalue weighted by molar-refractivity contribution is -0.119. The summed E-state index contributed by atoms with van der Waals surface area (Å²) in [5.41, 5.74) is 2.24. The maximum Gasteiger partial charge on any atom is 0.265 e. The number of nitrogens with one attached hydrogen (secondary N) is 1. The summed E-state index contributed by atoms with van der Waals surface area (Å²) in [4.78, 5) is 12.9. The number of carbonyl (C=O) groups excluding carboxylic acids is 1. The molecule has 0 heterocycles. The van der Waals surface area contributed by atoms with Gasteiger partial charge in [0.1, 0.15) is 30.4 Å². The van der Waals surface area contributed by atoms with Crippen molar-refractivity contribution in [2.45, 2.75) is 18.7 Å². The van der Waals surface area contributed by atoms with E-state index in [1.165, 1.54) is 52.7 Å². The largest absolute Gasteiger partial charge is 0.497 e. The van der Waals surface area contributed by atoms with E-state index in [-0.39, 0.29) is 35.2 Å². The van der Waals surface area contributed by atoms with E-state index in [1.54, 1.807) is 12.1 Å². The average Bonchev–Trinajstić information content (AvgIpc) is 2.95. The van der Waals surface area contributed by atoms with Gasteiger partial charge in [0.2, 0.25) is 5.91 Å². The molecule has 10 nitrogen and oxygen atoms in total. The van der Waals surface area contributed by atoms with Crippen LogP contribution in [0, 0.1) is 13.8 Å². The number of methoxy groups -OCH3 is 4. The van der Waals surface area contributed by atoms with Crippen molar-refractivity contribution >= 4 is 21.6 Å². The average molecular weight is 559 g/mol. The number of rotatable bonds is 13. The Morgan fingerprint density at radius 1 is 0.821 bits per heavy atom. The molecule has 11 heteroatoms. The fourth-order valence-electron chi connectivity index (χ4n) is 3.81. The monoisotopic (exact) mass is 558 g/mol. The Kier molecular flexibility index (Phi) is 9.89. The number of hydrogen-bond acceptors (Lipinski definition) is 8. The van der Waals surface area contributed by atoms with Crippen LogP contribution in [0.4, 0.5) is 5.69 Å². The third kappa shape index (κ3) is 6.85. The van der Waals surface area contributed by atoms with E-state index in [4.69, 9.17) is 23.7 Å². The van der Waals surface area contributed by atoms with Crippen molar-refractivity contribution in [2.24, 2.45) is 0 Å². The fraction of sp³-hybridized carbons (Fsp3) is 0.321. The summed E-state index contributed by atoms with van der Waals surface area (Å²) in [6, 6.07) is 14.6. The van der Waals surface area contributed by atoms with Gasteiger partial charge < -0.3 is 29.0 Å². The third-order valence-electron chi connectivity index (χ3n) is 6.12. The van der Waals surface area contributed by atoms with Crippen LogP contribution >= 0.6 is 0 Å². The zero-order chi connectivity index (χ0) is 28.6. The summed E-state index contributed by atoms with van der Waals surface area (Å²) >= 11 is 0. The Morgan fingerprint density at radius 3 is 2.18 bits per heavy atom. The highest BCUT2D eigenvalue weighted by Gasteiger charge is 2.31. The van der Waals surface area contributed by atoms with E-state index < -0.39 is 22.5 Å². The summed E-state index contributed by atoms with van der Waals surface area (Å²) in [6.45, 7) is 3.81. The number of benzene rings is 3. The second kappa shape index (κ2) is 13.1. The molecular formula is C28H34N2O8S. The second-order valence-corrected chi connectivity index (χ2v) is 10.3. The van der Waals surface area contributed by atoms with Crippen LogP contribution in [0.3, 0.4) is 0 Å². The first-order valence-corrected chi connectivity index (χ1v) is 13.5. The lowest BCUT2D eigenvalue weighted by atomic mass is 10.1. The molecule has 0 saturated carbocycles. The van der Waals surface area contributed by atoms with Crippen LogP contribution in [0.5, 0.6) is 28.7 Å². The Morgan fingerprint density at radius 2 is 1.51 bits per heavy atom. The Labute approximate surface area is 229 Å². The van der Waals surface area contributed by atoms with E-state index in [0.29, 0.717) is 11.5 Å². The minimum absolute atomic E-state index is 0.101. The van der Waals surface area contributed by atoms with Crippen LogP contribution in [-0.2, 0) is 14.8 Å². The van der Waals surface area contributed by atoms with E-state index in [0.717, 1.165) is 21.2 Å². The predicted molar refractivity (Wildman–Crippen MR) is 148 cm³/mol. The molecule has 0 aromatic heterocycles. The first kappa shape index (κ1) is 29.4. The van der Waals surface area contributed by atoms with Crippen LogP contribution in [0.2, 0.25) is 0 Å². The van der Waals surface area contributed by atoms with Crippen molar-refractivity contribution in [3.63, 3.8) is 0 Å². The molecule has 0 spiro atoms. The molecule has 39 heavy (non-hydrogen) atoms. The molecule has 0 aliphatic carbocycles. The van der Waals surface area contributed by atoms with Gasteiger partial charge in [0.05, 0.1) is 45.6 Å². The molecule has 0 unspecified atom stereocenters.